The Labute approximate surface area is 134 Å². The minimum absolute atomic E-state index is 0.0716. The van der Waals surface area contributed by atoms with Crippen LogP contribution < -0.4 is 5.73 Å². The van der Waals surface area contributed by atoms with Crippen molar-refractivity contribution in [2.45, 2.75) is 39.3 Å². The van der Waals surface area contributed by atoms with Crippen molar-refractivity contribution in [1.29, 1.82) is 0 Å². The molecule has 122 valence electrons. The van der Waals surface area contributed by atoms with E-state index in [0.717, 1.165) is 19.5 Å². The van der Waals surface area contributed by atoms with Crippen LogP contribution in [0.15, 0.2) is 30.3 Å². The van der Waals surface area contributed by atoms with E-state index < -0.39 is 0 Å². The Morgan fingerprint density at radius 2 is 2.05 bits per heavy atom. The molecule has 2 rings (SSSR count). The lowest BCUT2D eigenvalue weighted by Gasteiger charge is -2.42. The van der Waals surface area contributed by atoms with E-state index in [-0.39, 0.29) is 23.4 Å². The van der Waals surface area contributed by atoms with Crippen molar-refractivity contribution in [3.8, 4) is 0 Å². The molecule has 2 atom stereocenters. The summed E-state index contributed by atoms with van der Waals surface area (Å²) in [6.07, 6.45) is 0.957. The average molecular weight is 303 g/mol. The second kappa shape index (κ2) is 6.80. The Balaban J connectivity index is 1.94. The van der Waals surface area contributed by atoms with E-state index in [9.17, 15) is 4.79 Å². The fourth-order valence-corrected chi connectivity index (χ4v) is 3.09. The average Bonchev–Trinajstić information content (AvgIpc) is 2.50. The van der Waals surface area contributed by atoms with Gasteiger partial charge in [-0.1, -0.05) is 44.2 Å². The van der Waals surface area contributed by atoms with E-state index in [2.05, 4.69) is 37.8 Å². The van der Waals surface area contributed by atoms with Gasteiger partial charge in [-0.2, -0.15) is 0 Å². The standard InChI is InChI=1S/C18H29N3O/c1-14(15-8-6-5-7-9-15)20(4)17(22)12-21-11-10-16(19)18(2,3)13-21/h5-9,14,16H,10-13,19H2,1-4H3. The Morgan fingerprint density at radius 3 is 2.64 bits per heavy atom. The van der Waals surface area contributed by atoms with Gasteiger partial charge in [0.1, 0.15) is 0 Å². The Kier molecular flexibility index (Phi) is 5.24. The molecule has 1 fully saturated rings. The number of likely N-dealkylation sites (N-methyl/N-ethyl adjacent to an activating group) is 1. The smallest absolute Gasteiger partial charge is 0.236 e. The number of carbonyl (C=O) groups excluding carboxylic acids is 1. The van der Waals surface area contributed by atoms with Crippen LogP contribution in [0, 0.1) is 5.41 Å². The first-order valence-electron chi connectivity index (χ1n) is 8.10. The summed E-state index contributed by atoms with van der Waals surface area (Å²) in [5.41, 5.74) is 7.41. The van der Waals surface area contributed by atoms with Crippen LogP contribution in [0.25, 0.3) is 0 Å². The molecular formula is C18H29N3O. The molecule has 2 unspecified atom stereocenters. The van der Waals surface area contributed by atoms with E-state index in [1.165, 1.54) is 5.56 Å². The van der Waals surface area contributed by atoms with E-state index in [4.69, 9.17) is 5.73 Å². The molecule has 0 radical (unpaired) electrons. The Morgan fingerprint density at radius 1 is 1.41 bits per heavy atom. The zero-order valence-corrected chi connectivity index (χ0v) is 14.2. The number of hydrogen-bond donors (Lipinski definition) is 1. The third-order valence-electron chi connectivity index (χ3n) is 5.01. The van der Waals surface area contributed by atoms with Crippen molar-refractivity contribution in [3.63, 3.8) is 0 Å². The lowest BCUT2D eigenvalue weighted by atomic mass is 9.80. The lowest BCUT2D eigenvalue weighted by molar-refractivity contribution is -0.133. The van der Waals surface area contributed by atoms with Gasteiger partial charge < -0.3 is 10.6 Å². The highest BCUT2D eigenvalue weighted by Gasteiger charge is 2.34. The SMILES string of the molecule is CC(c1ccccc1)N(C)C(=O)CN1CCC(N)C(C)(C)C1. The van der Waals surface area contributed by atoms with Crippen molar-refractivity contribution < 1.29 is 4.79 Å². The van der Waals surface area contributed by atoms with Gasteiger partial charge in [0, 0.05) is 26.2 Å². The van der Waals surface area contributed by atoms with Gasteiger partial charge >= 0.3 is 0 Å². The Bertz CT molecular complexity index is 500. The molecular weight excluding hydrogens is 274 g/mol. The molecule has 0 aliphatic carbocycles. The molecule has 1 aliphatic rings. The minimum atomic E-state index is 0.0716. The van der Waals surface area contributed by atoms with Crippen LogP contribution in [-0.4, -0.2) is 48.4 Å². The molecule has 1 aromatic rings. The molecule has 1 aromatic carbocycles. The summed E-state index contributed by atoms with van der Waals surface area (Å²) in [6, 6.07) is 10.5. The summed E-state index contributed by atoms with van der Waals surface area (Å²) in [4.78, 5) is 16.7. The number of likely N-dealkylation sites (tertiary alicyclic amines) is 1. The first kappa shape index (κ1) is 17.0. The molecule has 1 saturated heterocycles. The van der Waals surface area contributed by atoms with Gasteiger partial charge in [-0.15, -0.1) is 0 Å². The predicted molar refractivity (Wildman–Crippen MR) is 90.4 cm³/mol. The zero-order chi connectivity index (χ0) is 16.3. The molecule has 4 heteroatoms. The molecule has 0 saturated carbocycles. The monoisotopic (exact) mass is 303 g/mol. The number of piperidine rings is 1. The predicted octanol–water partition coefficient (Wildman–Crippen LogP) is 2.27. The summed E-state index contributed by atoms with van der Waals surface area (Å²) in [7, 11) is 1.89. The topological polar surface area (TPSA) is 49.6 Å². The molecule has 0 aromatic heterocycles. The summed E-state index contributed by atoms with van der Waals surface area (Å²) >= 11 is 0. The van der Waals surface area contributed by atoms with Crippen LogP contribution >= 0.6 is 0 Å². The van der Waals surface area contributed by atoms with Gasteiger partial charge in [-0.25, -0.2) is 0 Å². The van der Waals surface area contributed by atoms with E-state index in [1.807, 2.05) is 30.1 Å². The summed E-state index contributed by atoms with van der Waals surface area (Å²) in [6.45, 7) is 8.71. The van der Waals surface area contributed by atoms with Crippen LogP contribution in [-0.2, 0) is 4.79 Å². The third-order valence-corrected chi connectivity index (χ3v) is 5.01. The van der Waals surface area contributed by atoms with Crippen molar-refractivity contribution in [3.05, 3.63) is 35.9 Å². The van der Waals surface area contributed by atoms with Crippen molar-refractivity contribution in [2.75, 3.05) is 26.7 Å². The Hall–Kier alpha value is -1.39. The van der Waals surface area contributed by atoms with E-state index in [0.29, 0.717) is 6.54 Å². The first-order chi connectivity index (χ1) is 10.3. The van der Waals surface area contributed by atoms with E-state index >= 15 is 0 Å². The van der Waals surface area contributed by atoms with Gasteiger partial charge in [-0.05, 0) is 24.3 Å². The maximum atomic E-state index is 12.6. The van der Waals surface area contributed by atoms with Crippen LogP contribution in [0.5, 0.6) is 0 Å². The maximum Gasteiger partial charge on any atom is 0.236 e. The number of hydrogen-bond acceptors (Lipinski definition) is 3. The quantitative estimate of drug-likeness (QED) is 0.928. The molecule has 1 aliphatic heterocycles. The number of rotatable bonds is 4. The molecule has 0 spiro atoms. The highest BCUT2D eigenvalue weighted by atomic mass is 16.2. The normalized spacial score (nSPS) is 23.0. The third kappa shape index (κ3) is 3.87. The van der Waals surface area contributed by atoms with Crippen molar-refractivity contribution in [2.24, 2.45) is 11.1 Å². The van der Waals surface area contributed by atoms with Crippen LogP contribution in [0.4, 0.5) is 0 Å². The summed E-state index contributed by atoms with van der Waals surface area (Å²) in [5.74, 6) is 0.169. The fourth-order valence-electron chi connectivity index (χ4n) is 3.09. The van der Waals surface area contributed by atoms with Crippen LogP contribution in [0.2, 0.25) is 0 Å². The summed E-state index contributed by atoms with van der Waals surface area (Å²) < 4.78 is 0. The van der Waals surface area contributed by atoms with Gasteiger partial charge in [0.25, 0.3) is 0 Å². The fraction of sp³-hybridized carbons (Fsp3) is 0.611. The molecule has 1 amide bonds. The molecule has 2 N–H and O–H groups in total. The number of benzene rings is 1. The number of nitrogens with zero attached hydrogens (tertiary/aromatic N) is 2. The second-order valence-corrected chi connectivity index (χ2v) is 7.19. The lowest BCUT2D eigenvalue weighted by Crippen LogP contribution is -2.54. The highest BCUT2D eigenvalue weighted by Crippen LogP contribution is 2.28. The van der Waals surface area contributed by atoms with Crippen LogP contribution in [0.1, 0.15) is 38.8 Å². The second-order valence-electron chi connectivity index (χ2n) is 7.19. The maximum absolute atomic E-state index is 12.6. The number of nitrogens with two attached hydrogens (primary N) is 1. The number of amides is 1. The molecule has 22 heavy (non-hydrogen) atoms. The van der Waals surface area contributed by atoms with Gasteiger partial charge in [0.05, 0.1) is 12.6 Å². The van der Waals surface area contributed by atoms with Crippen molar-refractivity contribution in [1.82, 2.24) is 9.80 Å². The largest absolute Gasteiger partial charge is 0.338 e. The minimum Gasteiger partial charge on any atom is -0.338 e. The first-order valence-corrected chi connectivity index (χ1v) is 8.10. The molecule has 0 bridgehead atoms. The van der Waals surface area contributed by atoms with Gasteiger partial charge in [0.15, 0.2) is 0 Å². The number of carbonyl (C=O) groups is 1. The summed E-state index contributed by atoms with van der Waals surface area (Å²) in [5, 5.41) is 0. The zero-order valence-electron chi connectivity index (χ0n) is 14.2. The van der Waals surface area contributed by atoms with Gasteiger partial charge in [-0.3, -0.25) is 9.69 Å². The molecule has 4 nitrogen and oxygen atoms in total. The molecule has 1 heterocycles. The van der Waals surface area contributed by atoms with Crippen LogP contribution in [0.3, 0.4) is 0 Å². The highest BCUT2D eigenvalue weighted by molar-refractivity contribution is 5.78. The van der Waals surface area contributed by atoms with Crippen molar-refractivity contribution >= 4 is 5.91 Å². The van der Waals surface area contributed by atoms with Gasteiger partial charge in [0.2, 0.25) is 5.91 Å². The van der Waals surface area contributed by atoms with E-state index in [1.54, 1.807) is 0 Å².